The SMILES string of the molecule is CCO[Si](CCCOC(=O)C(Br)C(Br)c1ccccc1)(OCC)OCC. The molecule has 2 atom stereocenters. The van der Waals surface area contributed by atoms with Gasteiger partial charge in [-0.05, 0) is 32.8 Å². The maximum atomic E-state index is 12.3. The summed E-state index contributed by atoms with van der Waals surface area (Å²) in [5, 5.41) is 0. The second kappa shape index (κ2) is 13.0. The van der Waals surface area contributed by atoms with Crippen LogP contribution >= 0.6 is 31.9 Å². The van der Waals surface area contributed by atoms with Crippen LogP contribution in [-0.4, -0.2) is 46.0 Å². The van der Waals surface area contributed by atoms with Crippen molar-refractivity contribution < 1.29 is 22.8 Å². The van der Waals surface area contributed by atoms with Crippen LogP contribution in [0.3, 0.4) is 0 Å². The highest BCUT2D eigenvalue weighted by molar-refractivity contribution is 9.12. The number of ether oxygens (including phenoxy) is 1. The van der Waals surface area contributed by atoms with Crippen LogP contribution in [0, 0.1) is 0 Å². The second-order valence-electron chi connectivity index (χ2n) is 5.47. The summed E-state index contributed by atoms with van der Waals surface area (Å²) in [5.74, 6) is -0.299. The van der Waals surface area contributed by atoms with Gasteiger partial charge in [-0.15, -0.1) is 0 Å². The monoisotopic (exact) mass is 510 g/mol. The highest BCUT2D eigenvalue weighted by atomic mass is 79.9. The van der Waals surface area contributed by atoms with Crippen molar-refractivity contribution in [3.05, 3.63) is 35.9 Å². The van der Waals surface area contributed by atoms with Gasteiger partial charge in [-0.1, -0.05) is 62.2 Å². The van der Waals surface area contributed by atoms with E-state index in [1.807, 2.05) is 51.1 Å². The van der Waals surface area contributed by atoms with Crippen molar-refractivity contribution in [2.75, 3.05) is 26.4 Å². The molecule has 0 amide bonds. The molecule has 1 rings (SSSR count). The third-order valence-corrected chi connectivity index (χ3v) is 9.39. The van der Waals surface area contributed by atoms with Gasteiger partial charge in [0, 0.05) is 25.9 Å². The summed E-state index contributed by atoms with van der Waals surface area (Å²) in [5.41, 5.74) is 1.02. The molecule has 0 heterocycles. The van der Waals surface area contributed by atoms with Crippen molar-refractivity contribution >= 4 is 46.6 Å². The third-order valence-electron chi connectivity index (χ3n) is 3.56. The van der Waals surface area contributed by atoms with E-state index in [1.165, 1.54) is 0 Å². The van der Waals surface area contributed by atoms with Gasteiger partial charge < -0.3 is 18.0 Å². The molecule has 0 aliphatic heterocycles. The minimum absolute atomic E-state index is 0.153. The predicted octanol–water partition coefficient (Wildman–Crippen LogP) is 4.87. The maximum absolute atomic E-state index is 12.3. The number of hydrogen-bond donors (Lipinski definition) is 0. The fraction of sp³-hybridized carbons (Fsp3) is 0.611. The second-order valence-corrected chi connectivity index (χ2v) is 10.2. The number of benzene rings is 1. The van der Waals surface area contributed by atoms with E-state index in [1.54, 1.807) is 0 Å². The molecule has 0 aromatic heterocycles. The molecular weight excluding hydrogens is 484 g/mol. The van der Waals surface area contributed by atoms with Gasteiger partial charge in [0.1, 0.15) is 4.83 Å². The minimum atomic E-state index is -2.68. The van der Waals surface area contributed by atoms with E-state index in [-0.39, 0.29) is 10.8 Å². The van der Waals surface area contributed by atoms with Gasteiger partial charge in [0.05, 0.1) is 11.4 Å². The Balaban J connectivity index is 2.48. The van der Waals surface area contributed by atoms with Crippen molar-refractivity contribution in [3.8, 4) is 0 Å². The van der Waals surface area contributed by atoms with Crippen molar-refractivity contribution in [1.29, 1.82) is 0 Å². The summed E-state index contributed by atoms with van der Waals surface area (Å²) in [6.45, 7) is 7.70. The predicted molar refractivity (Wildman–Crippen MR) is 112 cm³/mol. The first-order valence-electron chi connectivity index (χ1n) is 8.91. The van der Waals surface area contributed by atoms with E-state index >= 15 is 0 Å². The van der Waals surface area contributed by atoms with Crippen LogP contribution in [0.1, 0.15) is 37.6 Å². The van der Waals surface area contributed by atoms with E-state index in [2.05, 4.69) is 31.9 Å². The normalized spacial score (nSPS) is 14.0. The molecule has 0 aliphatic carbocycles. The summed E-state index contributed by atoms with van der Waals surface area (Å²) < 4.78 is 22.8. The Labute approximate surface area is 174 Å². The highest BCUT2D eigenvalue weighted by Crippen LogP contribution is 2.31. The lowest BCUT2D eigenvalue weighted by Crippen LogP contribution is -2.46. The number of esters is 1. The number of hydrogen-bond acceptors (Lipinski definition) is 5. The van der Waals surface area contributed by atoms with Crippen LogP contribution in [0.15, 0.2) is 30.3 Å². The zero-order chi connectivity index (χ0) is 19.4. The van der Waals surface area contributed by atoms with Crippen LogP contribution < -0.4 is 0 Å². The van der Waals surface area contributed by atoms with Crippen LogP contribution in [0.25, 0.3) is 0 Å². The van der Waals surface area contributed by atoms with Gasteiger partial charge in [0.2, 0.25) is 0 Å². The van der Waals surface area contributed by atoms with Gasteiger partial charge in [0.15, 0.2) is 0 Å². The molecule has 26 heavy (non-hydrogen) atoms. The Hall–Kier alpha value is -0.253. The van der Waals surface area contributed by atoms with Gasteiger partial charge in [0.25, 0.3) is 0 Å². The molecule has 0 radical (unpaired) electrons. The van der Waals surface area contributed by atoms with Gasteiger partial charge in [-0.2, -0.15) is 0 Å². The molecule has 148 valence electrons. The summed E-state index contributed by atoms with van der Waals surface area (Å²) >= 11 is 6.98. The lowest BCUT2D eigenvalue weighted by atomic mass is 10.1. The molecule has 1 aromatic carbocycles. The van der Waals surface area contributed by atoms with Crippen molar-refractivity contribution in [2.24, 2.45) is 0 Å². The first-order valence-corrected chi connectivity index (χ1v) is 12.7. The maximum Gasteiger partial charge on any atom is 0.501 e. The average Bonchev–Trinajstić information content (AvgIpc) is 2.65. The molecular formula is C18H28Br2O5Si. The van der Waals surface area contributed by atoms with Crippen molar-refractivity contribution in [1.82, 2.24) is 0 Å². The quantitative estimate of drug-likeness (QED) is 0.164. The van der Waals surface area contributed by atoms with Crippen molar-refractivity contribution in [2.45, 2.75) is 42.9 Å². The Kier molecular flexibility index (Phi) is 11.9. The number of halogens is 2. The third kappa shape index (κ3) is 7.78. The Morgan fingerprint density at radius 1 is 1.00 bits per heavy atom. The molecule has 0 spiro atoms. The Morgan fingerprint density at radius 2 is 1.54 bits per heavy atom. The molecule has 0 aliphatic rings. The molecule has 0 saturated heterocycles. The summed E-state index contributed by atoms with van der Waals surface area (Å²) in [6, 6.07) is 10.4. The lowest BCUT2D eigenvalue weighted by Gasteiger charge is -2.28. The molecule has 0 bridgehead atoms. The molecule has 1 aromatic rings. The van der Waals surface area contributed by atoms with E-state index in [9.17, 15) is 4.79 Å². The van der Waals surface area contributed by atoms with Gasteiger partial charge in [-0.25, -0.2) is 0 Å². The Bertz CT molecular complexity index is 501. The summed E-state index contributed by atoms with van der Waals surface area (Å²) in [6.07, 6.45) is 0.635. The fourth-order valence-electron chi connectivity index (χ4n) is 2.47. The topological polar surface area (TPSA) is 54.0 Å². The number of rotatable bonds is 13. The molecule has 5 nitrogen and oxygen atoms in total. The average molecular weight is 512 g/mol. The molecule has 0 fully saturated rings. The number of alkyl halides is 2. The van der Waals surface area contributed by atoms with Gasteiger partial charge in [-0.3, -0.25) is 4.79 Å². The van der Waals surface area contributed by atoms with Crippen LogP contribution in [0.5, 0.6) is 0 Å². The first-order chi connectivity index (χ1) is 12.5. The lowest BCUT2D eigenvalue weighted by molar-refractivity contribution is -0.142. The molecule has 2 unspecified atom stereocenters. The fourth-order valence-corrected chi connectivity index (χ4v) is 6.01. The number of carbonyl (C=O) groups is 1. The zero-order valence-corrected chi connectivity index (χ0v) is 19.8. The van der Waals surface area contributed by atoms with E-state index in [4.69, 9.17) is 18.0 Å². The summed E-state index contributed by atoms with van der Waals surface area (Å²) in [7, 11) is -2.68. The van der Waals surface area contributed by atoms with E-state index < -0.39 is 13.6 Å². The van der Waals surface area contributed by atoms with E-state index in [0.29, 0.717) is 38.9 Å². The largest absolute Gasteiger partial charge is 0.501 e. The van der Waals surface area contributed by atoms with Crippen LogP contribution in [0.4, 0.5) is 0 Å². The standard InChI is InChI=1S/C18H28Br2O5Si/c1-4-23-26(24-5-2,25-6-3)14-10-13-22-18(21)17(20)16(19)15-11-8-7-9-12-15/h7-9,11-12,16-17H,4-6,10,13-14H2,1-3H3. The van der Waals surface area contributed by atoms with E-state index in [0.717, 1.165) is 5.56 Å². The molecule has 0 saturated carbocycles. The van der Waals surface area contributed by atoms with Crippen LogP contribution in [-0.2, 0) is 22.8 Å². The molecule has 0 N–H and O–H groups in total. The highest BCUT2D eigenvalue weighted by Gasteiger charge is 2.39. The minimum Gasteiger partial charge on any atom is -0.465 e. The van der Waals surface area contributed by atoms with Crippen LogP contribution in [0.2, 0.25) is 6.04 Å². The van der Waals surface area contributed by atoms with Crippen molar-refractivity contribution in [3.63, 3.8) is 0 Å². The number of carbonyl (C=O) groups excluding carboxylic acids is 1. The van der Waals surface area contributed by atoms with Gasteiger partial charge >= 0.3 is 14.8 Å². The zero-order valence-electron chi connectivity index (χ0n) is 15.6. The Morgan fingerprint density at radius 3 is 2.04 bits per heavy atom. The molecule has 8 heteroatoms. The smallest absolute Gasteiger partial charge is 0.465 e. The first kappa shape index (κ1) is 23.8. The summed E-state index contributed by atoms with van der Waals surface area (Å²) in [4.78, 5) is 11.7.